The Kier molecular flexibility index (Phi) is 6.81. The highest BCUT2D eigenvalue weighted by molar-refractivity contribution is 5.64. The summed E-state index contributed by atoms with van der Waals surface area (Å²) in [5.41, 5.74) is 2.02. The number of benzene rings is 1. The zero-order chi connectivity index (χ0) is 16.5. The summed E-state index contributed by atoms with van der Waals surface area (Å²) in [5.74, 6) is 1.58. The van der Waals surface area contributed by atoms with Gasteiger partial charge in [0.05, 0.1) is 12.3 Å². The molecule has 0 saturated heterocycles. The van der Waals surface area contributed by atoms with Gasteiger partial charge in [0.1, 0.15) is 5.82 Å². The maximum Gasteiger partial charge on any atom is 0.227 e. The van der Waals surface area contributed by atoms with Gasteiger partial charge < -0.3 is 15.0 Å². The summed E-state index contributed by atoms with van der Waals surface area (Å²) in [5, 5.41) is 3.30. The SMILES string of the molecule is CCCCN(C)c1nc(NCCOC)cc(-c2ccccc2)n1. The molecule has 124 valence electrons. The molecule has 23 heavy (non-hydrogen) atoms. The number of unbranched alkanes of at least 4 members (excludes halogenated alkanes) is 1. The van der Waals surface area contributed by atoms with Gasteiger partial charge in [0.25, 0.3) is 0 Å². The van der Waals surface area contributed by atoms with Crippen LogP contribution in [0.15, 0.2) is 36.4 Å². The Morgan fingerprint density at radius 1 is 1.17 bits per heavy atom. The molecule has 1 aromatic carbocycles. The third kappa shape index (κ3) is 5.21. The van der Waals surface area contributed by atoms with Crippen LogP contribution in [0.25, 0.3) is 11.3 Å². The molecule has 0 fully saturated rings. The minimum absolute atomic E-state index is 0.645. The number of methoxy groups -OCH3 is 1. The summed E-state index contributed by atoms with van der Waals surface area (Å²) in [6, 6.07) is 12.2. The van der Waals surface area contributed by atoms with E-state index >= 15 is 0 Å². The Labute approximate surface area is 138 Å². The summed E-state index contributed by atoms with van der Waals surface area (Å²) < 4.78 is 5.09. The molecule has 0 saturated carbocycles. The molecule has 0 amide bonds. The molecule has 0 aliphatic rings. The van der Waals surface area contributed by atoms with Crippen LogP contribution < -0.4 is 10.2 Å². The van der Waals surface area contributed by atoms with Gasteiger partial charge in [-0.25, -0.2) is 4.98 Å². The third-order valence-corrected chi connectivity index (χ3v) is 3.58. The molecule has 0 unspecified atom stereocenters. The van der Waals surface area contributed by atoms with Crippen molar-refractivity contribution in [2.45, 2.75) is 19.8 Å². The first-order valence-electron chi connectivity index (χ1n) is 8.13. The largest absolute Gasteiger partial charge is 0.383 e. The van der Waals surface area contributed by atoms with Crippen LogP contribution in [0.4, 0.5) is 11.8 Å². The van der Waals surface area contributed by atoms with Crippen LogP contribution in [0.1, 0.15) is 19.8 Å². The zero-order valence-corrected chi connectivity index (χ0v) is 14.2. The van der Waals surface area contributed by atoms with Gasteiger partial charge in [0.2, 0.25) is 5.95 Å². The minimum atomic E-state index is 0.645. The van der Waals surface area contributed by atoms with Gasteiger partial charge in [-0.2, -0.15) is 4.98 Å². The van der Waals surface area contributed by atoms with Crippen molar-refractivity contribution in [1.29, 1.82) is 0 Å². The summed E-state index contributed by atoms with van der Waals surface area (Å²) in [4.78, 5) is 11.5. The number of hydrogen-bond donors (Lipinski definition) is 1. The Morgan fingerprint density at radius 3 is 2.65 bits per heavy atom. The van der Waals surface area contributed by atoms with Crippen molar-refractivity contribution in [1.82, 2.24) is 9.97 Å². The van der Waals surface area contributed by atoms with E-state index in [2.05, 4.69) is 34.3 Å². The average molecular weight is 314 g/mol. The van der Waals surface area contributed by atoms with Crippen molar-refractivity contribution in [3.8, 4) is 11.3 Å². The first kappa shape index (κ1) is 17.2. The fourth-order valence-electron chi connectivity index (χ4n) is 2.23. The van der Waals surface area contributed by atoms with Crippen LogP contribution in [-0.4, -0.2) is 43.8 Å². The molecule has 5 nitrogen and oxygen atoms in total. The molecule has 1 N–H and O–H groups in total. The fourth-order valence-corrected chi connectivity index (χ4v) is 2.23. The number of aromatic nitrogens is 2. The van der Waals surface area contributed by atoms with Gasteiger partial charge >= 0.3 is 0 Å². The Balaban J connectivity index is 2.27. The van der Waals surface area contributed by atoms with Crippen molar-refractivity contribution >= 4 is 11.8 Å². The zero-order valence-electron chi connectivity index (χ0n) is 14.2. The van der Waals surface area contributed by atoms with Crippen molar-refractivity contribution in [2.24, 2.45) is 0 Å². The maximum absolute atomic E-state index is 5.09. The lowest BCUT2D eigenvalue weighted by Gasteiger charge is -2.19. The van der Waals surface area contributed by atoms with E-state index in [1.54, 1.807) is 7.11 Å². The van der Waals surface area contributed by atoms with Crippen LogP contribution in [0, 0.1) is 0 Å². The van der Waals surface area contributed by atoms with E-state index in [-0.39, 0.29) is 0 Å². The topological polar surface area (TPSA) is 50.3 Å². The lowest BCUT2D eigenvalue weighted by molar-refractivity contribution is 0.210. The maximum atomic E-state index is 5.09. The second-order valence-electron chi connectivity index (χ2n) is 5.50. The summed E-state index contributed by atoms with van der Waals surface area (Å²) in [6.45, 7) is 4.50. The molecule has 0 atom stereocenters. The standard InChI is InChI=1S/C18H26N4O/c1-4-5-12-22(2)18-20-16(15-9-7-6-8-10-15)14-17(21-18)19-11-13-23-3/h6-10,14H,4-5,11-13H2,1-3H3,(H,19,20,21). The monoisotopic (exact) mass is 314 g/mol. The third-order valence-electron chi connectivity index (χ3n) is 3.58. The first-order chi connectivity index (χ1) is 11.2. The highest BCUT2D eigenvalue weighted by atomic mass is 16.5. The summed E-state index contributed by atoms with van der Waals surface area (Å²) in [6.07, 6.45) is 2.28. The van der Waals surface area contributed by atoms with E-state index < -0.39 is 0 Å². The number of hydrogen-bond acceptors (Lipinski definition) is 5. The number of anilines is 2. The first-order valence-corrected chi connectivity index (χ1v) is 8.13. The molecule has 2 rings (SSSR count). The van der Waals surface area contributed by atoms with E-state index in [4.69, 9.17) is 9.72 Å². The Hall–Kier alpha value is -2.14. The van der Waals surface area contributed by atoms with Gasteiger partial charge in [0, 0.05) is 38.9 Å². The van der Waals surface area contributed by atoms with Crippen molar-refractivity contribution < 1.29 is 4.74 Å². The Morgan fingerprint density at radius 2 is 1.96 bits per heavy atom. The van der Waals surface area contributed by atoms with Crippen LogP contribution in [0.5, 0.6) is 0 Å². The summed E-state index contributed by atoms with van der Waals surface area (Å²) >= 11 is 0. The fraction of sp³-hybridized carbons (Fsp3) is 0.444. The van der Waals surface area contributed by atoms with Crippen LogP contribution in [0.2, 0.25) is 0 Å². The molecule has 1 aromatic heterocycles. The van der Waals surface area contributed by atoms with Gasteiger partial charge in [0.15, 0.2) is 0 Å². The van der Waals surface area contributed by atoms with Crippen molar-refractivity contribution in [2.75, 3.05) is 44.1 Å². The van der Waals surface area contributed by atoms with E-state index in [9.17, 15) is 0 Å². The number of nitrogens with one attached hydrogen (secondary N) is 1. The number of rotatable bonds is 9. The molecule has 0 spiro atoms. The quantitative estimate of drug-likeness (QED) is 0.719. The van der Waals surface area contributed by atoms with E-state index in [1.807, 2.05) is 31.3 Å². The normalized spacial score (nSPS) is 10.6. The molecule has 0 radical (unpaired) electrons. The molecular formula is C18H26N4O. The minimum Gasteiger partial charge on any atom is -0.383 e. The van der Waals surface area contributed by atoms with Gasteiger partial charge in [-0.15, -0.1) is 0 Å². The molecule has 1 heterocycles. The highest BCUT2D eigenvalue weighted by Crippen LogP contribution is 2.22. The lowest BCUT2D eigenvalue weighted by atomic mass is 10.1. The lowest BCUT2D eigenvalue weighted by Crippen LogP contribution is -2.22. The Bertz CT molecular complexity index is 589. The summed E-state index contributed by atoms with van der Waals surface area (Å²) in [7, 11) is 3.74. The molecular weight excluding hydrogens is 288 g/mol. The predicted octanol–water partition coefficient (Wildman–Crippen LogP) is 3.44. The van der Waals surface area contributed by atoms with Gasteiger partial charge in [-0.05, 0) is 6.42 Å². The average Bonchev–Trinajstić information content (AvgIpc) is 2.60. The van der Waals surface area contributed by atoms with Crippen molar-refractivity contribution in [3.63, 3.8) is 0 Å². The molecule has 0 aliphatic heterocycles. The van der Waals surface area contributed by atoms with Crippen LogP contribution in [-0.2, 0) is 4.74 Å². The van der Waals surface area contributed by atoms with E-state index in [0.29, 0.717) is 6.61 Å². The predicted molar refractivity (Wildman–Crippen MR) is 96.0 cm³/mol. The van der Waals surface area contributed by atoms with E-state index in [1.165, 1.54) is 0 Å². The second-order valence-corrected chi connectivity index (χ2v) is 5.50. The molecule has 5 heteroatoms. The molecule has 2 aromatic rings. The smallest absolute Gasteiger partial charge is 0.227 e. The number of nitrogens with zero attached hydrogens (tertiary/aromatic N) is 3. The van der Waals surface area contributed by atoms with Gasteiger partial charge in [-0.3, -0.25) is 0 Å². The second kappa shape index (κ2) is 9.10. The molecule has 0 aliphatic carbocycles. The highest BCUT2D eigenvalue weighted by Gasteiger charge is 2.10. The van der Waals surface area contributed by atoms with Crippen LogP contribution >= 0.6 is 0 Å². The molecule has 0 bridgehead atoms. The van der Waals surface area contributed by atoms with E-state index in [0.717, 1.165) is 49.0 Å². The van der Waals surface area contributed by atoms with Gasteiger partial charge in [-0.1, -0.05) is 43.7 Å². The number of ether oxygens (including phenoxy) is 1. The van der Waals surface area contributed by atoms with Crippen molar-refractivity contribution in [3.05, 3.63) is 36.4 Å². The van der Waals surface area contributed by atoms with Crippen LogP contribution in [0.3, 0.4) is 0 Å².